The van der Waals surface area contributed by atoms with Crippen molar-refractivity contribution in [2.24, 2.45) is 0 Å². The first-order chi connectivity index (χ1) is 17.2. The van der Waals surface area contributed by atoms with Crippen LogP contribution in [0.4, 0.5) is 5.69 Å². The van der Waals surface area contributed by atoms with Gasteiger partial charge in [0.1, 0.15) is 11.8 Å². The predicted molar refractivity (Wildman–Crippen MR) is 137 cm³/mol. The van der Waals surface area contributed by atoms with E-state index in [0.717, 1.165) is 25.7 Å². The van der Waals surface area contributed by atoms with Gasteiger partial charge in [0.05, 0.1) is 12.0 Å². The van der Waals surface area contributed by atoms with Crippen molar-refractivity contribution in [3.05, 3.63) is 62.1 Å². The fraction of sp³-hybridized carbons (Fsp3) is 0.440. The van der Waals surface area contributed by atoms with Crippen LogP contribution in [-0.2, 0) is 16.1 Å². The Morgan fingerprint density at radius 3 is 2.44 bits per heavy atom. The van der Waals surface area contributed by atoms with Gasteiger partial charge in [-0.1, -0.05) is 49.0 Å². The molecule has 11 heteroatoms. The van der Waals surface area contributed by atoms with Gasteiger partial charge in [-0.3, -0.25) is 19.7 Å². The molecule has 1 unspecified atom stereocenters. The van der Waals surface area contributed by atoms with Crippen LogP contribution in [0.25, 0.3) is 0 Å². The number of nitrogens with zero attached hydrogens (tertiary/aromatic N) is 2. The topological polar surface area (TPSA) is 111 Å². The van der Waals surface area contributed by atoms with Gasteiger partial charge in [-0.25, -0.2) is 0 Å². The van der Waals surface area contributed by atoms with Crippen molar-refractivity contribution in [3.63, 3.8) is 0 Å². The Balaban J connectivity index is 1.83. The van der Waals surface area contributed by atoms with E-state index >= 15 is 0 Å². The van der Waals surface area contributed by atoms with E-state index in [0.29, 0.717) is 22.0 Å². The highest BCUT2D eigenvalue weighted by molar-refractivity contribution is 6.36. The van der Waals surface area contributed by atoms with Crippen LogP contribution in [0.15, 0.2) is 36.4 Å². The number of rotatable bonds is 11. The lowest BCUT2D eigenvalue weighted by Crippen LogP contribution is -2.52. The summed E-state index contributed by atoms with van der Waals surface area (Å²) in [5.41, 5.74) is 0.305. The first-order valence-electron chi connectivity index (χ1n) is 11.7. The minimum atomic E-state index is -0.763. The zero-order chi connectivity index (χ0) is 26.2. The third kappa shape index (κ3) is 6.79. The van der Waals surface area contributed by atoms with Crippen LogP contribution in [0.2, 0.25) is 10.0 Å². The molecule has 1 aliphatic rings. The standard InChI is InChI=1S/C25H29Cl2N3O6/c1-3-21(25(32)28-16-7-4-5-8-16)29(14-18-19(26)9-6-10-20(18)27)24(31)15-36-17-11-12-22(30(33)34)23(13-17)35-2/h6,9-13,16,21H,3-5,7-8,14-15H2,1-2H3,(H,28,32). The van der Waals surface area contributed by atoms with Gasteiger partial charge in [0.15, 0.2) is 6.61 Å². The van der Waals surface area contributed by atoms with E-state index in [-0.39, 0.29) is 35.7 Å². The zero-order valence-corrected chi connectivity index (χ0v) is 21.7. The number of hydrogen-bond donors (Lipinski definition) is 1. The molecule has 194 valence electrons. The quantitative estimate of drug-likeness (QED) is 0.313. The second-order valence-corrected chi connectivity index (χ2v) is 9.33. The Morgan fingerprint density at radius 1 is 1.19 bits per heavy atom. The smallest absolute Gasteiger partial charge is 0.311 e. The lowest BCUT2D eigenvalue weighted by molar-refractivity contribution is -0.385. The van der Waals surface area contributed by atoms with E-state index in [1.165, 1.54) is 30.2 Å². The lowest BCUT2D eigenvalue weighted by atomic mass is 10.1. The Hall–Kier alpha value is -3.04. The lowest BCUT2D eigenvalue weighted by Gasteiger charge is -2.32. The monoisotopic (exact) mass is 537 g/mol. The predicted octanol–water partition coefficient (Wildman–Crippen LogP) is 5.16. The molecule has 0 spiro atoms. The summed E-state index contributed by atoms with van der Waals surface area (Å²) in [6.45, 7) is 1.44. The molecular weight excluding hydrogens is 509 g/mol. The zero-order valence-electron chi connectivity index (χ0n) is 20.2. The third-order valence-corrected chi connectivity index (χ3v) is 6.90. The summed E-state index contributed by atoms with van der Waals surface area (Å²) in [7, 11) is 1.31. The van der Waals surface area contributed by atoms with Crippen LogP contribution < -0.4 is 14.8 Å². The Bertz CT molecular complexity index is 1090. The molecule has 0 saturated heterocycles. The fourth-order valence-electron chi connectivity index (χ4n) is 4.27. The Kier molecular flexibility index (Phi) is 9.78. The summed E-state index contributed by atoms with van der Waals surface area (Å²) in [6, 6.07) is 8.34. The maximum atomic E-state index is 13.4. The summed E-state index contributed by atoms with van der Waals surface area (Å²) in [5.74, 6) is -0.480. The van der Waals surface area contributed by atoms with Crippen LogP contribution in [0, 0.1) is 10.1 Å². The van der Waals surface area contributed by atoms with Crippen LogP contribution in [-0.4, -0.2) is 47.4 Å². The number of nitro benzene ring substituents is 1. The number of amides is 2. The first kappa shape index (κ1) is 27.5. The van der Waals surface area contributed by atoms with Crippen LogP contribution in [0.5, 0.6) is 11.5 Å². The van der Waals surface area contributed by atoms with Crippen LogP contribution >= 0.6 is 23.2 Å². The highest BCUT2D eigenvalue weighted by atomic mass is 35.5. The number of benzene rings is 2. The molecule has 2 aromatic carbocycles. The maximum Gasteiger partial charge on any atom is 0.311 e. The van der Waals surface area contributed by atoms with E-state index in [4.69, 9.17) is 32.7 Å². The van der Waals surface area contributed by atoms with Crippen LogP contribution in [0.3, 0.4) is 0 Å². The molecule has 0 heterocycles. The summed E-state index contributed by atoms with van der Waals surface area (Å²) in [4.78, 5) is 38.6. The van der Waals surface area contributed by atoms with Gasteiger partial charge < -0.3 is 19.7 Å². The molecule has 1 aliphatic carbocycles. The van der Waals surface area contributed by atoms with Gasteiger partial charge in [0, 0.05) is 40.3 Å². The molecule has 0 radical (unpaired) electrons. The SMILES string of the molecule is CCC(C(=O)NC1CCCC1)N(Cc1c(Cl)cccc1Cl)C(=O)COc1ccc([N+](=O)[O-])c(OC)c1. The molecular formula is C25H29Cl2N3O6. The summed E-state index contributed by atoms with van der Waals surface area (Å²) < 4.78 is 10.7. The number of nitrogens with one attached hydrogen (secondary N) is 1. The van der Waals surface area contributed by atoms with E-state index in [9.17, 15) is 19.7 Å². The second-order valence-electron chi connectivity index (χ2n) is 8.52. The molecule has 1 saturated carbocycles. The molecule has 1 N–H and O–H groups in total. The van der Waals surface area contributed by atoms with Gasteiger partial charge in [-0.15, -0.1) is 0 Å². The van der Waals surface area contributed by atoms with Gasteiger partial charge >= 0.3 is 5.69 Å². The number of nitro groups is 1. The second kappa shape index (κ2) is 12.8. The molecule has 0 aliphatic heterocycles. The minimum absolute atomic E-state index is 0.00651. The van der Waals surface area contributed by atoms with Gasteiger partial charge in [0.25, 0.3) is 5.91 Å². The van der Waals surface area contributed by atoms with E-state index in [1.807, 2.05) is 6.92 Å². The molecule has 1 fully saturated rings. The Morgan fingerprint density at radius 2 is 1.86 bits per heavy atom. The largest absolute Gasteiger partial charge is 0.490 e. The van der Waals surface area contributed by atoms with Crippen molar-refractivity contribution in [1.82, 2.24) is 10.2 Å². The molecule has 2 aromatic rings. The number of halogens is 2. The number of methoxy groups -OCH3 is 1. The minimum Gasteiger partial charge on any atom is -0.490 e. The molecule has 2 amide bonds. The van der Waals surface area contributed by atoms with Crippen molar-refractivity contribution in [2.75, 3.05) is 13.7 Å². The van der Waals surface area contributed by atoms with Crippen molar-refractivity contribution < 1.29 is 24.0 Å². The fourth-order valence-corrected chi connectivity index (χ4v) is 4.78. The van der Waals surface area contributed by atoms with E-state index < -0.39 is 23.5 Å². The highest BCUT2D eigenvalue weighted by Crippen LogP contribution is 2.31. The summed E-state index contributed by atoms with van der Waals surface area (Å²) in [6.07, 6.45) is 4.32. The summed E-state index contributed by atoms with van der Waals surface area (Å²) in [5, 5.41) is 15.0. The molecule has 3 rings (SSSR count). The molecule has 1 atom stereocenters. The maximum absolute atomic E-state index is 13.4. The number of ether oxygens (including phenoxy) is 2. The van der Waals surface area contributed by atoms with E-state index in [2.05, 4.69) is 5.32 Å². The first-order valence-corrected chi connectivity index (χ1v) is 12.5. The average molecular weight is 538 g/mol. The number of carbonyl (C=O) groups excluding carboxylic acids is 2. The average Bonchev–Trinajstić information content (AvgIpc) is 3.36. The van der Waals surface area contributed by atoms with Crippen LogP contribution in [0.1, 0.15) is 44.6 Å². The van der Waals surface area contributed by atoms with Crippen molar-refractivity contribution in [3.8, 4) is 11.5 Å². The normalized spacial score (nSPS) is 14.2. The molecule has 9 nitrogen and oxygen atoms in total. The van der Waals surface area contributed by atoms with Crippen molar-refractivity contribution in [2.45, 2.75) is 57.7 Å². The van der Waals surface area contributed by atoms with Gasteiger partial charge in [0.2, 0.25) is 11.7 Å². The van der Waals surface area contributed by atoms with Gasteiger partial charge in [-0.2, -0.15) is 0 Å². The Labute approximate surface area is 219 Å². The number of hydrogen-bond acceptors (Lipinski definition) is 6. The molecule has 0 bridgehead atoms. The number of carbonyl (C=O) groups is 2. The molecule has 36 heavy (non-hydrogen) atoms. The van der Waals surface area contributed by atoms with Crippen molar-refractivity contribution in [1.29, 1.82) is 0 Å². The third-order valence-electron chi connectivity index (χ3n) is 6.19. The highest BCUT2D eigenvalue weighted by Gasteiger charge is 2.32. The van der Waals surface area contributed by atoms with E-state index in [1.54, 1.807) is 18.2 Å². The van der Waals surface area contributed by atoms with Crippen molar-refractivity contribution >= 4 is 40.7 Å². The van der Waals surface area contributed by atoms with Gasteiger partial charge in [-0.05, 0) is 37.5 Å². The summed E-state index contributed by atoms with van der Waals surface area (Å²) >= 11 is 12.7. The molecule has 0 aromatic heterocycles.